The molecule has 0 radical (unpaired) electrons. The number of hydrogen-bond donors (Lipinski definition) is 0. The van der Waals surface area contributed by atoms with Crippen LogP contribution in [0.5, 0.6) is 0 Å². The van der Waals surface area contributed by atoms with Crippen molar-refractivity contribution in [3.63, 3.8) is 0 Å². The van der Waals surface area contributed by atoms with Crippen molar-refractivity contribution in [3.8, 4) is 0 Å². The quantitative estimate of drug-likeness (QED) is 0.743. The molecule has 0 bridgehead atoms. The molecule has 1 aliphatic carbocycles. The lowest BCUT2D eigenvalue weighted by Gasteiger charge is -2.08. The van der Waals surface area contributed by atoms with Crippen LogP contribution in [-0.4, -0.2) is 9.55 Å². The third-order valence-electron chi connectivity index (χ3n) is 3.11. The zero-order chi connectivity index (χ0) is 12.2. The summed E-state index contributed by atoms with van der Waals surface area (Å²) in [6.07, 6.45) is -2.23. The van der Waals surface area contributed by atoms with E-state index in [9.17, 15) is 13.2 Å². The molecule has 90 valence electrons. The fourth-order valence-electron chi connectivity index (χ4n) is 2.18. The molecule has 0 aliphatic heterocycles. The van der Waals surface area contributed by atoms with Crippen molar-refractivity contribution < 1.29 is 13.2 Å². The molecule has 2 nitrogen and oxygen atoms in total. The molecule has 0 amide bonds. The van der Waals surface area contributed by atoms with Crippen LogP contribution in [0.2, 0.25) is 0 Å². The van der Waals surface area contributed by atoms with Gasteiger partial charge in [0.25, 0.3) is 0 Å². The number of imidazole rings is 1. The lowest BCUT2D eigenvalue weighted by atomic mass is 10.2. The predicted octanol–water partition coefficient (Wildman–Crippen LogP) is 3.70. The van der Waals surface area contributed by atoms with Gasteiger partial charge in [-0.15, -0.1) is 0 Å². The second kappa shape index (κ2) is 3.24. The van der Waals surface area contributed by atoms with Crippen LogP contribution in [-0.2, 0) is 6.18 Å². The smallest absolute Gasteiger partial charge is 0.325 e. The van der Waals surface area contributed by atoms with Gasteiger partial charge in [0.05, 0.1) is 16.6 Å². The van der Waals surface area contributed by atoms with Crippen LogP contribution in [0.4, 0.5) is 13.2 Å². The number of fused-ring (bicyclic) bond motifs is 1. The fourth-order valence-corrected chi connectivity index (χ4v) is 2.18. The highest BCUT2D eigenvalue weighted by molar-refractivity contribution is 5.77. The van der Waals surface area contributed by atoms with E-state index in [1.807, 2.05) is 11.5 Å². The number of benzene rings is 1. The molecule has 1 aliphatic rings. The molecule has 1 aromatic carbocycles. The highest BCUT2D eigenvalue weighted by Crippen LogP contribution is 2.39. The Morgan fingerprint density at radius 1 is 1.29 bits per heavy atom. The minimum atomic E-state index is -4.29. The molecular formula is C12H11F3N2. The highest BCUT2D eigenvalue weighted by atomic mass is 19.4. The fraction of sp³-hybridized carbons (Fsp3) is 0.417. The first-order valence-electron chi connectivity index (χ1n) is 5.52. The number of aromatic nitrogens is 2. The lowest BCUT2D eigenvalue weighted by molar-refractivity contribution is -0.137. The van der Waals surface area contributed by atoms with Crippen LogP contribution >= 0.6 is 0 Å². The Balaban J connectivity index is 2.23. The van der Waals surface area contributed by atoms with E-state index in [1.165, 1.54) is 12.1 Å². The van der Waals surface area contributed by atoms with Gasteiger partial charge in [0.2, 0.25) is 0 Å². The number of aryl methyl sites for hydroxylation is 1. The van der Waals surface area contributed by atoms with E-state index in [-0.39, 0.29) is 0 Å². The molecule has 1 aromatic heterocycles. The maximum Gasteiger partial charge on any atom is 0.416 e. The van der Waals surface area contributed by atoms with Crippen molar-refractivity contribution in [1.82, 2.24) is 9.55 Å². The van der Waals surface area contributed by atoms with Crippen LogP contribution in [0.25, 0.3) is 11.0 Å². The molecule has 0 unspecified atom stereocenters. The Labute approximate surface area is 96.1 Å². The zero-order valence-corrected chi connectivity index (χ0v) is 9.25. The average Bonchev–Trinajstić information content (AvgIpc) is 2.99. The minimum absolute atomic E-state index is 0.337. The Kier molecular flexibility index (Phi) is 2.03. The van der Waals surface area contributed by atoms with Crippen molar-refractivity contribution in [2.45, 2.75) is 32.0 Å². The van der Waals surface area contributed by atoms with Crippen molar-refractivity contribution in [2.75, 3.05) is 0 Å². The largest absolute Gasteiger partial charge is 0.416 e. The van der Waals surface area contributed by atoms with E-state index in [0.29, 0.717) is 17.1 Å². The summed E-state index contributed by atoms with van der Waals surface area (Å²) >= 11 is 0. The standard InChI is InChI=1S/C12H11F3N2/c1-7-16-10-5-2-8(12(13,14)15)6-11(10)17(7)9-3-4-9/h2,5-6,9H,3-4H2,1H3. The van der Waals surface area contributed by atoms with E-state index in [2.05, 4.69) is 4.98 Å². The first kappa shape index (κ1) is 10.6. The lowest BCUT2D eigenvalue weighted by Crippen LogP contribution is -2.05. The Morgan fingerprint density at radius 3 is 2.59 bits per heavy atom. The normalized spacial score (nSPS) is 16.7. The van der Waals surface area contributed by atoms with E-state index in [4.69, 9.17) is 0 Å². The van der Waals surface area contributed by atoms with Crippen LogP contribution in [0.15, 0.2) is 18.2 Å². The van der Waals surface area contributed by atoms with E-state index >= 15 is 0 Å². The van der Waals surface area contributed by atoms with Crippen LogP contribution < -0.4 is 0 Å². The maximum atomic E-state index is 12.6. The Morgan fingerprint density at radius 2 is 2.00 bits per heavy atom. The van der Waals surface area contributed by atoms with E-state index in [1.54, 1.807) is 0 Å². The highest BCUT2D eigenvalue weighted by Gasteiger charge is 2.32. The molecule has 2 aromatic rings. The number of hydrogen-bond acceptors (Lipinski definition) is 1. The zero-order valence-electron chi connectivity index (χ0n) is 9.25. The van der Waals surface area contributed by atoms with Gasteiger partial charge in [0.1, 0.15) is 5.82 Å². The molecule has 0 spiro atoms. The maximum absolute atomic E-state index is 12.6. The number of rotatable bonds is 1. The number of alkyl halides is 3. The summed E-state index contributed by atoms with van der Waals surface area (Å²) in [5.74, 6) is 0.793. The van der Waals surface area contributed by atoms with Crippen molar-refractivity contribution in [2.24, 2.45) is 0 Å². The minimum Gasteiger partial charge on any atom is -0.325 e. The van der Waals surface area contributed by atoms with Gasteiger partial charge in [-0.25, -0.2) is 4.98 Å². The van der Waals surface area contributed by atoms with Gasteiger partial charge >= 0.3 is 6.18 Å². The Hall–Kier alpha value is -1.52. The summed E-state index contributed by atoms with van der Waals surface area (Å²) in [5.41, 5.74) is 0.633. The molecule has 17 heavy (non-hydrogen) atoms. The molecule has 0 N–H and O–H groups in total. The van der Waals surface area contributed by atoms with Gasteiger partial charge in [0.15, 0.2) is 0 Å². The van der Waals surface area contributed by atoms with Crippen molar-refractivity contribution >= 4 is 11.0 Å². The van der Waals surface area contributed by atoms with E-state index < -0.39 is 11.7 Å². The van der Waals surface area contributed by atoms with Crippen LogP contribution in [0, 0.1) is 6.92 Å². The monoisotopic (exact) mass is 240 g/mol. The van der Waals surface area contributed by atoms with Gasteiger partial charge in [-0.05, 0) is 38.0 Å². The molecule has 0 atom stereocenters. The molecule has 3 rings (SSSR count). The summed E-state index contributed by atoms with van der Waals surface area (Å²) in [6, 6.07) is 4.08. The van der Waals surface area contributed by atoms with Gasteiger partial charge in [0, 0.05) is 6.04 Å². The summed E-state index contributed by atoms with van der Waals surface area (Å²) in [5, 5.41) is 0. The summed E-state index contributed by atoms with van der Waals surface area (Å²) in [7, 11) is 0. The Bertz CT molecular complexity index is 579. The average molecular weight is 240 g/mol. The second-order valence-corrected chi connectivity index (χ2v) is 4.46. The number of nitrogens with zero attached hydrogens (tertiary/aromatic N) is 2. The number of halogens is 3. The molecule has 1 fully saturated rings. The molecule has 1 saturated carbocycles. The van der Waals surface area contributed by atoms with Crippen molar-refractivity contribution in [3.05, 3.63) is 29.6 Å². The molecule has 0 saturated heterocycles. The van der Waals surface area contributed by atoms with Crippen LogP contribution in [0.1, 0.15) is 30.3 Å². The summed E-state index contributed by atoms with van der Waals surface area (Å²) < 4.78 is 39.8. The first-order chi connectivity index (χ1) is 7.97. The summed E-state index contributed by atoms with van der Waals surface area (Å²) in [6.45, 7) is 1.84. The van der Waals surface area contributed by atoms with Gasteiger partial charge in [-0.2, -0.15) is 13.2 Å². The molecular weight excluding hydrogens is 229 g/mol. The SMILES string of the molecule is Cc1nc2ccc(C(F)(F)F)cc2n1C1CC1. The topological polar surface area (TPSA) is 17.8 Å². The van der Waals surface area contributed by atoms with Crippen molar-refractivity contribution in [1.29, 1.82) is 0 Å². The van der Waals surface area contributed by atoms with Gasteiger partial charge in [-0.3, -0.25) is 0 Å². The first-order valence-corrected chi connectivity index (χ1v) is 5.52. The van der Waals surface area contributed by atoms with Gasteiger partial charge in [-0.1, -0.05) is 0 Å². The third-order valence-corrected chi connectivity index (χ3v) is 3.11. The predicted molar refractivity (Wildman–Crippen MR) is 57.7 cm³/mol. The summed E-state index contributed by atoms with van der Waals surface area (Å²) in [4.78, 5) is 4.29. The third kappa shape index (κ3) is 1.69. The van der Waals surface area contributed by atoms with Gasteiger partial charge < -0.3 is 4.57 Å². The second-order valence-electron chi connectivity index (χ2n) is 4.46. The molecule has 1 heterocycles. The van der Waals surface area contributed by atoms with E-state index in [0.717, 1.165) is 24.7 Å². The van der Waals surface area contributed by atoms with Crippen LogP contribution in [0.3, 0.4) is 0 Å². The molecule has 5 heteroatoms.